The van der Waals surface area contributed by atoms with E-state index >= 15 is 0 Å². The number of piperidine rings is 1. The van der Waals surface area contributed by atoms with Crippen LogP contribution in [-0.4, -0.2) is 48.8 Å². The normalized spacial score (nSPS) is 30.9. The molecule has 3 nitrogen and oxygen atoms in total. The molecule has 0 amide bonds. The van der Waals surface area contributed by atoms with E-state index in [2.05, 4.69) is 31.0 Å². The molecule has 19 heavy (non-hydrogen) atoms. The van der Waals surface area contributed by atoms with Gasteiger partial charge in [-0.2, -0.15) is 0 Å². The van der Waals surface area contributed by atoms with Gasteiger partial charge in [-0.1, -0.05) is 13.3 Å². The fourth-order valence-electron chi connectivity index (χ4n) is 3.47. The molecule has 2 rings (SSSR count). The predicted octanol–water partition coefficient (Wildman–Crippen LogP) is 2.80. The van der Waals surface area contributed by atoms with E-state index in [1.165, 1.54) is 51.6 Å². The lowest BCUT2D eigenvalue weighted by molar-refractivity contribution is -0.00671. The van der Waals surface area contributed by atoms with Crippen LogP contribution in [-0.2, 0) is 4.74 Å². The first-order valence-corrected chi connectivity index (χ1v) is 8.30. The second-order valence-electron chi connectivity index (χ2n) is 6.57. The third-order valence-electron chi connectivity index (χ3n) is 4.71. The van der Waals surface area contributed by atoms with Crippen molar-refractivity contribution in [2.75, 3.05) is 19.7 Å². The summed E-state index contributed by atoms with van der Waals surface area (Å²) in [7, 11) is 0. The zero-order chi connectivity index (χ0) is 13.7. The van der Waals surface area contributed by atoms with Gasteiger partial charge in [0.1, 0.15) is 0 Å². The first-order chi connectivity index (χ1) is 9.19. The van der Waals surface area contributed by atoms with Gasteiger partial charge in [-0.25, -0.2) is 0 Å². The smallest absolute Gasteiger partial charge is 0.0589 e. The van der Waals surface area contributed by atoms with Crippen molar-refractivity contribution in [3.63, 3.8) is 0 Å². The van der Waals surface area contributed by atoms with E-state index in [0.29, 0.717) is 18.2 Å². The highest BCUT2D eigenvalue weighted by Crippen LogP contribution is 2.20. The lowest BCUT2D eigenvalue weighted by atomic mass is 9.96. The van der Waals surface area contributed by atoms with E-state index in [1.54, 1.807) is 0 Å². The molecule has 112 valence electrons. The number of hydrogen-bond acceptors (Lipinski definition) is 3. The Morgan fingerprint density at radius 1 is 1.16 bits per heavy atom. The molecule has 0 saturated carbocycles. The number of ether oxygens (including phenoxy) is 1. The molecule has 2 aliphatic rings. The van der Waals surface area contributed by atoms with Gasteiger partial charge >= 0.3 is 0 Å². The molecule has 0 aromatic heterocycles. The largest absolute Gasteiger partial charge is 0.378 e. The standard InChI is InChI=1S/C16H32N2O/c1-4-5-16-12-15(8-11-19-16)17-14-6-9-18(10-7-14)13(2)3/h13-17H,4-12H2,1-3H3. The minimum atomic E-state index is 0.506. The van der Waals surface area contributed by atoms with E-state index in [9.17, 15) is 0 Å². The van der Waals surface area contributed by atoms with Crippen LogP contribution in [0.3, 0.4) is 0 Å². The van der Waals surface area contributed by atoms with Crippen LogP contribution in [0, 0.1) is 0 Å². The molecule has 0 aromatic carbocycles. The third kappa shape index (κ3) is 4.73. The van der Waals surface area contributed by atoms with Crippen LogP contribution in [0.2, 0.25) is 0 Å². The van der Waals surface area contributed by atoms with E-state index in [0.717, 1.165) is 12.6 Å². The lowest BCUT2D eigenvalue weighted by Crippen LogP contribution is -2.49. The minimum Gasteiger partial charge on any atom is -0.378 e. The summed E-state index contributed by atoms with van der Waals surface area (Å²) in [5, 5.41) is 3.90. The highest BCUT2D eigenvalue weighted by molar-refractivity contribution is 4.84. The molecule has 2 heterocycles. The Balaban J connectivity index is 1.70. The van der Waals surface area contributed by atoms with E-state index in [1.807, 2.05) is 0 Å². The maximum atomic E-state index is 5.84. The van der Waals surface area contributed by atoms with Crippen molar-refractivity contribution in [1.29, 1.82) is 0 Å². The highest BCUT2D eigenvalue weighted by atomic mass is 16.5. The zero-order valence-corrected chi connectivity index (χ0v) is 13.0. The van der Waals surface area contributed by atoms with E-state index in [4.69, 9.17) is 4.74 Å². The van der Waals surface area contributed by atoms with Gasteiger partial charge in [0, 0.05) is 24.7 Å². The summed E-state index contributed by atoms with van der Waals surface area (Å²) in [5.74, 6) is 0. The van der Waals surface area contributed by atoms with Crippen molar-refractivity contribution >= 4 is 0 Å². The van der Waals surface area contributed by atoms with Gasteiger partial charge < -0.3 is 15.0 Å². The average Bonchev–Trinajstić information content (AvgIpc) is 2.40. The molecule has 2 atom stereocenters. The molecule has 0 aromatic rings. The van der Waals surface area contributed by atoms with Crippen molar-refractivity contribution in [2.24, 2.45) is 0 Å². The van der Waals surface area contributed by atoms with Gasteiger partial charge in [0.15, 0.2) is 0 Å². The van der Waals surface area contributed by atoms with Crippen molar-refractivity contribution < 1.29 is 4.74 Å². The first kappa shape index (κ1) is 15.3. The Morgan fingerprint density at radius 2 is 1.89 bits per heavy atom. The first-order valence-electron chi connectivity index (χ1n) is 8.30. The molecule has 2 aliphatic heterocycles. The molecule has 2 saturated heterocycles. The van der Waals surface area contributed by atoms with Crippen LogP contribution in [0.5, 0.6) is 0 Å². The summed E-state index contributed by atoms with van der Waals surface area (Å²) in [4.78, 5) is 2.60. The van der Waals surface area contributed by atoms with E-state index in [-0.39, 0.29) is 0 Å². The van der Waals surface area contributed by atoms with Crippen LogP contribution in [0.15, 0.2) is 0 Å². The van der Waals surface area contributed by atoms with Crippen molar-refractivity contribution in [1.82, 2.24) is 10.2 Å². The average molecular weight is 268 g/mol. The van der Waals surface area contributed by atoms with Crippen molar-refractivity contribution in [2.45, 2.75) is 83.5 Å². The van der Waals surface area contributed by atoms with Gasteiger partial charge in [0.25, 0.3) is 0 Å². The summed E-state index contributed by atoms with van der Waals surface area (Å²) in [6, 6.07) is 2.14. The molecular formula is C16H32N2O. The predicted molar refractivity (Wildman–Crippen MR) is 80.5 cm³/mol. The quantitative estimate of drug-likeness (QED) is 0.830. The SMILES string of the molecule is CCCC1CC(NC2CCN(C(C)C)CC2)CCO1. The van der Waals surface area contributed by atoms with Gasteiger partial charge in [-0.05, 0) is 59.0 Å². The van der Waals surface area contributed by atoms with Crippen LogP contribution in [0.1, 0.15) is 59.3 Å². The number of likely N-dealkylation sites (tertiary alicyclic amines) is 1. The molecule has 2 fully saturated rings. The maximum absolute atomic E-state index is 5.84. The van der Waals surface area contributed by atoms with Gasteiger partial charge in [-0.15, -0.1) is 0 Å². The Kier molecular flexibility index (Phi) is 6.11. The summed E-state index contributed by atoms with van der Waals surface area (Å²) >= 11 is 0. The summed E-state index contributed by atoms with van der Waals surface area (Å²) in [5.41, 5.74) is 0. The number of rotatable bonds is 5. The number of hydrogen-bond donors (Lipinski definition) is 1. The third-order valence-corrected chi connectivity index (χ3v) is 4.71. The van der Waals surface area contributed by atoms with Gasteiger partial charge in [0.05, 0.1) is 6.10 Å². The van der Waals surface area contributed by atoms with Crippen LogP contribution >= 0.6 is 0 Å². The van der Waals surface area contributed by atoms with Crippen LogP contribution < -0.4 is 5.32 Å². The Hall–Kier alpha value is -0.120. The summed E-state index contributed by atoms with van der Waals surface area (Å²) < 4.78 is 5.84. The molecule has 0 aliphatic carbocycles. The number of nitrogens with zero attached hydrogens (tertiary/aromatic N) is 1. The van der Waals surface area contributed by atoms with Crippen molar-refractivity contribution in [3.05, 3.63) is 0 Å². The summed E-state index contributed by atoms with van der Waals surface area (Å²) in [6.07, 6.45) is 8.02. The Labute approximate surface area is 119 Å². The summed E-state index contributed by atoms with van der Waals surface area (Å²) in [6.45, 7) is 10.3. The fourth-order valence-corrected chi connectivity index (χ4v) is 3.47. The molecule has 0 spiro atoms. The molecule has 2 unspecified atom stereocenters. The minimum absolute atomic E-state index is 0.506. The van der Waals surface area contributed by atoms with Crippen LogP contribution in [0.4, 0.5) is 0 Å². The number of nitrogens with one attached hydrogen (secondary N) is 1. The highest BCUT2D eigenvalue weighted by Gasteiger charge is 2.26. The second-order valence-corrected chi connectivity index (χ2v) is 6.57. The second kappa shape index (κ2) is 7.61. The lowest BCUT2D eigenvalue weighted by Gasteiger charge is -2.38. The maximum Gasteiger partial charge on any atom is 0.0589 e. The molecular weight excluding hydrogens is 236 g/mol. The zero-order valence-electron chi connectivity index (χ0n) is 13.0. The molecule has 3 heteroatoms. The fraction of sp³-hybridized carbons (Fsp3) is 1.00. The van der Waals surface area contributed by atoms with E-state index < -0.39 is 0 Å². The van der Waals surface area contributed by atoms with Crippen LogP contribution in [0.25, 0.3) is 0 Å². The van der Waals surface area contributed by atoms with Gasteiger partial charge in [0.2, 0.25) is 0 Å². The topological polar surface area (TPSA) is 24.5 Å². The molecule has 0 radical (unpaired) electrons. The molecule has 1 N–H and O–H groups in total. The monoisotopic (exact) mass is 268 g/mol. The molecule has 0 bridgehead atoms. The Bertz CT molecular complexity index is 247. The Morgan fingerprint density at radius 3 is 2.53 bits per heavy atom. The van der Waals surface area contributed by atoms with Crippen molar-refractivity contribution in [3.8, 4) is 0 Å². The van der Waals surface area contributed by atoms with Gasteiger partial charge in [-0.3, -0.25) is 0 Å².